The lowest BCUT2D eigenvalue weighted by Gasteiger charge is -2.19. The van der Waals surface area contributed by atoms with E-state index >= 15 is 0 Å². The Morgan fingerprint density at radius 1 is 0.967 bits per heavy atom. The van der Waals surface area contributed by atoms with Crippen molar-refractivity contribution in [2.24, 2.45) is 0 Å². The van der Waals surface area contributed by atoms with Crippen molar-refractivity contribution in [2.75, 3.05) is 22.4 Å². The molecule has 0 spiro atoms. The van der Waals surface area contributed by atoms with Crippen LogP contribution >= 0.6 is 11.8 Å². The molecule has 0 unspecified atom stereocenters. The molecule has 1 amide bonds. The zero-order valence-corrected chi connectivity index (χ0v) is 18.5. The lowest BCUT2D eigenvalue weighted by molar-refractivity contribution is -0.113. The topological polar surface area (TPSA) is 66.5 Å². The van der Waals surface area contributed by atoms with Gasteiger partial charge in [0.15, 0.2) is 0 Å². The summed E-state index contributed by atoms with van der Waals surface area (Å²) in [6.07, 6.45) is 0. The summed E-state index contributed by atoms with van der Waals surface area (Å²) in [5.41, 5.74) is 3.43. The van der Waals surface area contributed by atoms with E-state index in [1.54, 1.807) is 36.4 Å². The van der Waals surface area contributed by atoms with E-state index in [0.29, 0.717) is 11.4 Å². The van der Waals surface area contributed by atoms with E-state index in [2.05, 4.69) is 11.4 Å². The third-order valence-electron chi connectivity index (χ3n) is 4.65. The molecule has 30 heavy (non-hydrogen) atoms. The number of nitrogens with one attached hydrogen (secondary N) is 1. The van der Waals surface area contributed by atoms with E-state index in [1.165, 1.54) is 46.4 Å². The molecule has 3 aromatic rings. The van der Waals surface area contributed by atoms with Crippen molar-refractivity contribution in [3.63, 3.8) is 0 Å². The largest absolute Gasteiger partial charge is 0.325 e. The molecule has 3 aromatic carbocycles. The molecule has 0 fully saturated rings. The zero-order chi connectivity index (χ0) is 21.6. The Bertz CT molecular complexity index is 1120. The van der Waals surface area contributed by atoms with Crippen molar-refractivity contribution >= 4 is 39.1 Å². The third kappa shape index (κ3) is 5.43. The molecule has 7 heteroatoms. The predicted octanol–water partition coefficient (Wildman–Crippen LogP) is 4.69. The summed E-state index contributed by atoms with van der Waals surface area (Å²) in [6.45, 7) is 2.05. The number of nitrogens with zero attached hydrogens (tertiary/aromatic N) is 1. The summed E-state index contributed by atoms with van der Waals surface area (Å²) in [4.78, 5) is 12.4. The number of rotatable bonds is 8. The van der Waals surface area contributed by atoms with Crippen LogP contribution in [0, 0.1) is 6.92 Å². The standard InChI is InChI=1S/C23H24N2O3S2/c1-18-9-6-7-10-19(18)16-29-17-23(26)24-20-11-8-14-22(15-20)30(27,28)25(2)21-12-4-3-5-13-21/h3-15H,16-17H2,1-2H3,(H,24,26). The van der Waals surface area contributed by atoms with Gasteiger partial charge in [0.1, 0.15) is 0 Å². The van der Waals surface area contributed by atoms with Gasteiger partial charge in [-0.2, -0.15) is 0 Å². The number of carbonyl (C=O) groups excluding carboxylic acids is 1. The number of hydrogen-bond donors (Lipinski definition) is 1. The van der Waals surface area contributed by atoms with Crippen LogP contribution in [0.2, 0.25) is 0 Å². The first kappa shape index (κ1) is 21.9. The van der Waals surface area contributed by atoms with Gasteiger partial charge in [-0.15, -0.1) is 11.8 Å². The SMILES string of the molecule is Cc1ccccc1CSCC(=O)Nc1cccc(S(=O)(=O)N(C)c2ccccc2)c1. The highest BCUT2D eigenvalue weighted by Crippen LogP contribution is 2.24. The molecule has 1 N–H and O–H groups in total. The molecule has 0 radical (unpaired) electrons. The van der Waals surface area contributed by atoms with E-state index in [0.717, 1.165) is 5.75 Å². The molecular weight excluding hydrogens is 416 g/mol. The summed E-state index contributed by atoms with van der Waals surface area (Å²) in [5.74, 6) is 0.866. The van der Waals surface area contributed by atoms with Crippen molar-refractivity contribution in [3.05, 3.63) is 90.0 Å². The fourth-order valence-corrected chi connectivity index (χ4v) is 5.04. The van der Waals surface area contributed by atoms with Gasteiger partial charge in [0.25, 0.3) is 10.0 Å². The molecule has 0 atom stereocenters. The fraction of sp³-hybridized carbons (Fsp3) is 0.174. The smallest absolute Gasteiger partial charge is 0.264 e. The first-order chi connectivity index (χ1) is 14.4. The Morgan fingerprint density at radius 3 is 2.40 bits per heavy atom. The van der Waals surface area contributed by atoms with Crippen LogP contribution in [-0.4, -0.2) is 27.1 Å². The van der Waals surface area contributed by atoms with Crippen LogP contribution in [0.15, 0.2) is 83.8 Å². The van der Waals surface area contributed by atoms with Gasteiger partial charge in [-0.3, -0.25) is 9.10 Å². The molecule has 0 bridgehead atoms. The normalized spacial score (nSPS) is 11.1. The highest BCUT2D eigenvalue weighted by Gasteiger charge is 2.21. The molecule has 3 rings (SSSR count). The average molecular weight is 441 g/mol. The first-order valence-electron chi connectivity index (χ1n) is 9.44. The summed E-state index contributed by atoms with van der Waals surface area (Å²) in [7, 11) is -2.22. The average Bonchev–Trinajstić information content (AvgIpc) is 2.75. The Hall–Kier alpha value is -2.77. The molecule has 0 saturated heterocycles. The van der Waals surface area contributed by atoms with Gasteiger partial charge < -0.3 is 5.32 Å². The molecule has 0 aliphatic heterocycles. The number of sulfonamides is 1. The zero-order valence-electron chi connectivity index (χ0n) is 16.9. The van der Waals surface area contributed by atoms with Crippen molar-refractivity contribution in [1.82, 2.24) is 0 Å². The van der Waals surface area contributed by atoms with Gasteiger partial charge in [0.2, 0.25) is 5.91 Å². The molecule has 0 heterocycles. The van der Waals surface area contributed by atoms with E-state index in [9.17, 15) is 13.2 Å². The second-order valence-electron chi connectivity index (χ2n) is 6.80. The number of para-hydroxylation sites is 1. The van der Waals surface area contributed by atoms with Crippen LogP contribution in [0.3, 0.4) is 0 Å². The van der Waals surface area contributed by atoms with Crippen LogP contribution in [0.4, 0.5) is 11.4 Å². The van der Waals surface area contributed by atoms with Crippen molar-refractivity contribution in [2.45, 2.75) is 17.6 Å². The van der Waals surface area contributed by atoms with E-state index in [4.69, 9.17) is 0 Å². The van der Waals surface area contributed by atoms with Gasteiger partial charge in [-0.25, -0.2) is 8.42 Å². The number of thioether (sulfide) groups is 1. The Morgan fingerprint density at radius 2 is 1.67 bits per heavy atom. The molecular formula is C23H24N2O3S2. The van der Waals surface area contributed by atoms with Crippen molar-refractivity contribution in [3.8, 4) is 0 Å². The Labute approximate surface area is 182 Å². The number of aryl methyl sites for hydroxylation is 1. The second-order valence-corrected chi connectivity index (χ2v) is 9.76. The molecule has 0 saturated carbocycles. The number of hydrogen-bond acceptors (Lipinski definition) is 4. The Balaban J connectivity index is 1.63. The maximum absolute atomic E-state index is 12.9. The minimum atomic E-state index is -3.73. The van der Waals surface area contributed by atoms with Gasteiger partial charge in [-0.1, -0.05) is 48.5 Å². The summed E-state index contributed by atoms with van der Waals surface area (Å²) < 4.78 is 27.1. The highest BCUT2D eigenvalue weighted by atomic mass is 32.2. The van der Waals surface area contributed by atoms with E-state index in [-0.39, 0.29) is 16.6 Å². The van der Waals surface area contributed by atoms with E-state index in [1.807, 2.05) is 31.2 Å². The third-order valence-corrected chi connectivity index (χ3v) is 7.41. The summed E-state index contributed by atoms with van der Waals surface area (Å²) in [6, 6.07) is 23.3. The predicted molar refractivity (Wildman–Crippen MR) is 124 cm³/mol. The van der Waals surface area contributed by atoms with Crippen LogP contribution in [0.25, 0.3) is 0 Å². The lowest BCUT2D eigenvalue weighted by atomic mass is 10.1. The lowest BCUT2D eigenvalue weighted by Crippen LogP contribution is -2.26. The summed E-state index contributed by atoms with van der Waals surface area (Å²) in [5, 5.41) is 2.79. The first-order valence-corrected chi connectivity index (χ1v) is 12.0. The highest BCUT2D eigenvalue weighted by molar-refractivity contribution is 7.99. The quantitative estimate of drug-likeness (QED) is 0.552. The van der Waals surface area contributed by atoms with Gasteiger partial charge in [0, 0.05) is 18.5 Å². The van der Waals surface area contributed by atoms with Crippen molar-refractivity contribution in [1.29, 1.82) is 0 Å². The number of anilines is 2. The van der Waals surface area contributed by atoms with Crippen LogP contribution in [0.1, 0.15) is 11.1 Å². The molecule has 0 aliphatic carbocycles. The molecule has 5 nitrogen and oxygen atoms in total. The molecule has 0 aliphatic rings. The Kier molecular flexibility index (Phi) is 7.18. The fourth-order valence-electron chi connectivity index (χ4n) is 2.89. The number of benzene rings is 3. The maximum atomic E-state index is 12.9. The second kappa shape index (κ2) is 9.82. The number of carbonyl (C=O) groups is 1. The van der Waals surface area contributed by atoms with Gasteiger partial charge >= 0.3 is 0 Å². The van der Waals surface area contributed by atoms with E-state index < -0.39 is 10.0 Å². The maximum Gasteiger partial charge on any atom is 0.264 e. The van der Waals surface area contributed by atoms with Crippen LogP contribution in [0.5, 0.6) is 0 Å². The minimum Gasteiger partial charge on any atom is -0.325 e. The molecule has 0 aromatic heterocycles. The van der Waals surface area contributed by atoms with Crippen molar-refractivity contribution < 1.29 is 13.2 Å². The van der Waals surface area contributed by atoms with Crippen LogP contribution in [-0.2, 0) is 20.6 Å². The number of amides is 1. The van der Waals surface area contributed by atoms with Crippen LogP contribution < -0.4 is 9.62 Å². The monoisotopic (exact) mass is 440 g/mol. The summed E-state index contributed by atoms with van der Waals surface area (Å²) >= 11 is 1.52. The van der Waals surface area contributed by atoms with Gasteiger partial charge in [0.05, 0.1) is 16.3 Å². The minimum absolute atomic E-state index is 0.124. The molecule has 156 valence electrons. The van der Waals surface area contributed by atoms with Gasteiger partial charge in [-0.05, 0) is 48.4 Å².